The number of ether oxygens (including phenoxy) is 3. The fourth-order valence-electron chi connectivity index (χ4n) is 6.70. The Morgan fingerprint density at radius 1 is 0.463 bits per heavy atom. The van der Waals surface area contributed by atoms with E-state index in [1.807, 2.05) is 0 Å². The van der Waals surface area contributed by atoms with E-state index in [2.05, 4.69) is 116 Å². The molecule has 4 unspecified atom stereocenters. The SMILES string of the molecule is Cc1c(C)c(C)c(C2OC2COCC2OC2c2c(C)c(C)c(C)c(C)c2-c2ccccc2)c(-c2ccccc2)c1C. The van der Waals surface area contributed by atoms with Gasteiger partial charge in [0, 0.05) is 0 Å². The van der Waals surface area contributed by atoms with Crippen LogP contribution in [0.3, 0.4) is 0 Å². The van der Waals surface area contributed by atoms with Crippen molar-refractivity contribution in [3.63, 3.8) is 0 Å². The molecule has 2 saturated heterocycles. The first kappa shape index (κ1) is 27.9. The lowest BCUT2D eigenvalue weighted by molar-refractivity contribution is 0.102. The van der Waals surface area contributed by atoms with Crippen LogP contribution in [0.2, 0.25) is 0 Å². The van der Waals surface area contributed by atoms with Crippen LogP contribution in [0.25, 0.3) is 22.3 Å². The molecule has 0 aliphatic carbocycles. The van der Waals surface area contributed by atoms with Crippen molar-refractivity contribution in [3.05, 3.63) is 116 Å². The molecule has 0 bridgehead atoms. The number of benzene rings is 4. The summed E-state index contributed by atoms with van der Waals surface area (Å²) in [6, 6.07) is 21.4. The van der Waals surface area contributed by atoms with E-state index >= 15 is 0 Å². The molecule has 4 aromatic rings. The maximum Gasteiger partial charge on any atom is 0.112 e. The van der Waals surface area contributed by atoms with Crippen molar-refractivity contribution in [1.29, 1.82) is 0 Å². The average molecular weight is 547 g/mol. The quantitative estimate of drug-likeness (QED) is 0.207. The number of epoxide rings is 2. The van der Waals surface area contributed by atoms with E-state index in [4.69, 9.17) is 14.2 Å². The van der Waals surface area contributed by atoms with Crippen LogP contribution < -0.4 is 0 Å². The Kier molecular flexibility index (Phi) is 7.40. The molecule has 2 fully saturated rings. The average Bonchev–Trinajstić information content (AvgIpc) is 3.92. The fraction of sp³-hybridized carbons (Fsp3) is 0.368. The molecular formula is C38H42O3. The molecule has 0 saturated carbocycles. The topological polar surface area (TPSA) is 34.3 Å². The van der Waals surface area contributed by atoms with Crippen molar-refractivity contribution < 1.29 is 14.2 Å². The molecule has 0 N–H and O–H groups in total. The van der Waals surface area contributed by atoms with Gasteiger partial charge in [-0.15, -0.1) is 0 Å². The minimum absolute atomic E-state index is 0.0634. The van der Waals surface area contributed by atoms with Gasteiger partial charge >= 0.3 is 0 Å². The van der Waals surface area contributed by atoms with Gasteiger partial charge in [-0.2, -0.15) is 0 Å². The maximum atomic E-state index is 6.28. The number of hydrogen-bond donors (Lipinski definition) is 0. The second-order valence-corrected chi connectivity index (χ2v) is 12.0. The van der Waals surface area contributed by atoms with E-state index in [1.165, 1.54) is 77.9 Å². The highest BCUT2D eigenvalue weighted by molar-refractivity contribution is 5.77. The zero-order valence-electron chi connectivity index (χ0n) is 25.7. The van der Waals surface area contributed by atoms with Gasteiger partial charge in [0.05, 0.1) is 13.2 Å². The van der Waals surface area contributed by atoms with Gasteiger partial charge in [-0.3, -0.25) is 0 Å². The summed E-state index contributed by atoms with van der Waals surface area (Å²) in [6.07, 6.45) is 0.266. The fourth-order valence-corrected chi connectivity index (χ4v) is 6.70. The third-order valence-corrected chi connectivity index (χ3v) is 9.89. The molecule has 0 amide bonds. The zero-order valence-corrected chi connectivity index (χ0v) is 25.7. The Bertz CT molecular complexity index is 1480. The summed E-state index contributed by atoms with van der Waals surface area (Å²) in [6.45, 7) is 19.0. The van der Waals surface area contributed by atoms with E-state index < -0.39 is 0 Å². The Hall–Kier alpha value is -3.24. The van der Waals surface area contributed by atoms with Crippen molar-refractivity contribution in [2.24, 2.45) is 0 Å². The van der Waals surface area contributed by atoms with Gasteiger partial charge in [-0.25, -0.2) is 0 Å². The summed E-state index contributed by atoms with van der Waals surface area (Å²) in [5, 5.41) is 0. The van der Waals surface area contributed by atoms with Crippen molar-refractivity contribution in [2.45, 2.75) is 79.8 Å². The van der Waals surface area contributed by atoms with Crippen molar-refractivity contribution >= 4 is 0 Å². The second-order valence-electron chi connectivity index (χ2n) is 12.0. The lowest BCUT2D eigenvalue weighted by atomic mass is 9.84. The summed E-state index contributed by atoms with van der Waals surface area (Å²) in [4.78, 5) is 0. The van der Waals surface area contributed by atoms with Crippen LogP contribution in [0.4, 0.5) is 0 Å². The molecule has 3 heteroatoms. The van der Waals surface area contributed by atoms with E-state index in [1.54, 1.807) is 0 Å². The number of hydrogen-bond acceptors (Lipinski definition) is 3. The van der Waals surface area contributed by atoms with Crippen molar-refractivity contribution in [3.8, 4) is 22.3 Å². The second kappa shape index (κ2) is 10.9. The standard InChI is InChI=1S/C38H42O3/c1-21-23(3)27(7)35(33(25(21)5)29-15-11-9-12-16-29)37-31(40-37)19-39-20-32-38(41-32)36-28(8)24(4)22(2)26(6)34(36)30-17-13-10-14-18-30/h9-18,31-32,37-38H,19-20H2,1-8H3. The minimum atomic E-state index is 0.0634. The van der Waals surface area contributed by atoms with Gasteiger partial charge < -0.3 is 14.2 Å². The van der Waals surface area contributed by atoms with Crippen LogP contribution >= 0.6 is 0 Å². The van der Waals surface area contributed by atoms with E-state index in [-0.39, 0.29) is 24.4 Å². The Labute approximate surface area is 245 Å². The Balaban J connectivity index is 1.17. The van der Waals surface area contributed by atoms with Gasteiger partial charge in [0.1, 0.15) is 24.4 Å². The molecule has 6 rings (SSSR count). The molecular weight excluding hydrogens is 504 g/mol. The predicted octanol–water partition coefficient (Wildman–Crippen LogP) is 9.08. The maximum absolute atomic E-state index is 6.28. The summed E-state index contributed by atoms with van der Waals surface area (Å²) >= 11 is 0. The largest absolute Gasteiger partial charge is 0.376 e. The van der Waals surface area contributed by atoms with Gasteiger partial charge in [-0.05, 0) is 133 Å². The summed E-state index contributed by atoms with van der Waals surface area (Å²) in [5.41, 5.74) is 18.6. The van der Waals surface area contributed by atoms with Crippen LogP contribution in [-0.4, -0.2) is 25.4 Å². The van der Waals surface area contributed by atoms with Gasteiger partial charge in [0.25, 0.3) is 0 Å². The first-order valence-electron chi connectivity index (χ1n) is 14.9. The normalized spacial score (nSPS) is 21.3. The van der Waals surface area contributed by atoms with Crippen molar-refractivity contribution in [2.75, 3.05) is 13.2 Å². The highest BCUT2D eigenvalue weighted by Gasteiger charge is 2.46. The summed E-state index contributed by atoms with van der Waals surface area (Å²) in [7, 11) is 0. The Morgan fingerprint density at radius 2 is 0.805 bits per heavy atom. The van der Waals surface area contributed by atoms with E-state index in [0.29, 0.717) is 13.2 Å². The van der Waals surface area contributed by atoms with E-state index in [9.17, 15) is 0 Å². The molecule has 4 atom stereocenters. The van der Waals surface area contributed by atoms with Gasteiger partial charge in [0.15, 0.2) is 0 Å². The Morgan fingerprint density at radius 3 is 1.17 bits per heavy atom. The monoisotopic (exact) mass is 546 g/mol. The highest BCUT2D eigenvalue weighted by atomic mass is 16.6. The van der Waals surface area contributed by atoms with Gasteiger partial charge in [-0.1, -0.05) is 60.7 Å². The minimum Gasteiger partial charge on any atom is -0.376 e. The first-order valence-corrected chi connectivity index (χ1v) is 14.9. The first-order chi connectivity index (χ1) is 19.7. The van der Waals surface area contributed by atoms with Crippen LogP contribution in [0, 0.1) is 55.4 Å². The molecule has 41 heavy (non-hydrogen) atoms. The molecule has 212 valence electrons. The zero-order chi connectivity index (χ0) is 29.0. The molecule has 0 radical (unpaired) electrons. The lowest BCUT2D eigenvalue weighted by Gasteiger charge is -2.20. The van der Waals surface area contributed by atoms with Crippen molar-refractivity contribution in [1.82, 2.24) is 0 Å². The summed E-state index contributed by atoms with van der Waals surface area (Å²) < 4.78 is 18.8. The third kappa shape index (κ3) is 4.95. The van der Waals surface area contributed by atoms with Crippen LogP contribution in [0.5, 0.6) is 0 Å². The van der Waals surface area contributed by atoms with Crippen LogP contribution in [-0.2, 0) is 14.2 Å². The molecule has 2 aliphatic rings. The molecule has 2 heterocycles. The lowest BCUT2D eigenvalue weighted by Crippen LogP contribution is -2.10. The highest BCUT2D eigenvalue weighted by Crippen LogP contribution is 2.50. The third-order valence-electron chi connectivity index (χ3n) is 9.89. The molecule has 0 spiro atoms. The number of rotatable bonds is 8. The van der Waals surface area contributed by atoms with E-state index in [0.717, 1.165) is 0 Å². The smallest absolute Gasteiger partial charge is 0.112 e. The predicted molar refractivity (Wildman–Crippen MR) is 168 cm³/mol. The molecule has 2 aliphatic heterocycles. The van der Waals surface area contributed by atoms with Gasteiger partial charge in [0.2, 0.25) is 0 Å². The molecule has 3 nitrogen and oxygen atoms in total. The van der Waals surface area contributed by atoms with Crippen LogP contribution in [0.15, 0.2) is 60.7 Å². The molecule has 4 aromatic carbocycles. The van der Waals surface area contributed by atoms with Crippen LogP contribution in [0.1, 0.15) is 67.8 Å². The summed E-state index contributed by atoms with van der Waals surface area (Å²) in [5.74, 6) is 0. The molecule has 0 aromatic heterocycles.